The van der Waals surface area contributed by atoms with Crippen molar-refractivity contribution in [3.05, 3.63) is 16.8 Å². The molecule has 2 aromatic rings. The number of thiophene rings is 1. The number of aryl methyl sites for hydroxylation is 1. The van der Waals surface area contributed by atoms with Crippen molar-refractivity contribution in [2.45, 2.75) is 32.8 Å². The molecule has 3 rings (SSSR count). The van der Waals surface area contributed by atoms with Crippen LogP contribution >= 0.6 is 11.3 Å². The van der Waals surface area contributed by atoms with Crippen molar-refractivity contribution < 1.29 is 9.53 Å². The topological polar surface area (TPSA) is 70.6 Å². The number of ether oxygens (including phenoxy) is 1. The zero-order valence-corrected chi connectivity index (χ0v) is 17.4. The highest BCUT2D eigenvalue weighted by molar-refractivity contribution is 7.20. The van der Waals surface area contributed by atoms with Crippen molar-refractivity contribution in [2.75, 3.05) is 52.2 Å². The van der Waals surface area contributed by atoms with Crippen molar-refractivity contribution in [1.29, 1.82) is 0 Å². The quantitative estimate of drug-likeness (QED) is 0.746. The molecule has 1 atom stereocenters. The lowest BCUT2D eigenvalue weighted by Gasteiger charge is -2.22. The van der Waals surface area contributed by atoms with E-state index in [4.69, 9.17) is 4.74 Å². The van der Waals surface area contributed by atoms with Gasteiger partial charge in [-0.2, -0.15) is 0 Å². The second-order valence-electron chi connectivity index (χ2n) is 7.16. The Kier molecular flexibility index (Phi) is 6.62. The fraction of sp³-hybridized carbons (Fsp3) is 0.632. The Balaban J connectivity index is 1.83. The number of rotatable bonds is 8. The molecule has 1 saturated heterocycles. The molecule has 1 unspecified atom stereocenters. The van der Waals surface area contributed by atoms with E-state index in [1.807, 2.05) is 32.8 Å². The predicted octanol–water partition coefficient (Wildman–Crippen LogP) is 2.61. The predicted molar refractivity (Wildman–Crippen MR) is 110 cm³/mol. The minimum atomic E-state index is 0.0740. The van der Waals surface area contributed by atoms with E-state index in [1.54, 1.807) is 6.33 Å². The van der Waals surface area contributed by atoms with Gasteiger partial charge in [0.2, 0.25) is 0 Å². The summed E-state index contributed by atoms with van der Waals surface area (Å²) in [6.07, 6.45) is 3.98. The normalized spacial score (nSPS) is 17.0. The molecule has 2 aromatic heterocycles. The molecule has 0 aromatic carbocycles. The maximum atomic E-state index is 13.1. The number of hydrogen-bond donors (Lipinski definition) is 1. The van der Waals surface area contributed by atoms with Gasteiger partial charge in [0.05, 0.1) is 16.4 Å². The lowest BCUT2D eigenvalue weighted by molar-refractivity contribution is 0.0758. The number of nitrogens with zero attached hydrogens (tertiary/aromatic N) is 4. The van der Waals surface area contributed by atoms with E-state index in [0.717, 1.165) is 59.0 Å². The summed E-state index contributed by atoms with van der Waals surface area (Å²) in [6.45, 7) is 7.83. The van der Waals surface area contributed by atoms with Crippen LogP contribution in [0, 0.1) is 6.92 Å². The molecule has 3 heterocycles. The number of anilines is 1. The summed E-state index contributed by atoms with van der Waals surface area (Å²) in [5.74, 6) is 0.865. The second-order valence-corrected chi connectivity index (χ2v) is 8.16. The van der Waals surface area contributed by atoms with Crippen LogP contribution in [0.3, 0.4) is 0 Å². The number of aromatic nitrogens is 2. The molecule has 0 radical (unpaired) electrons. The third kappa shape index (κ3) is 4.56. The highest BCUT2D eigenvalue weighted by Crippen LogP contribution is 2.34. The number of carbonyl (C=O) groups excluding carboxylic acids is 1. The summed E-state index contributed by atoms with van der Waals surface area (Å²) in [4.78, 5) is 27.5. The molecule has 1 fully saturated rings. The van der Waals surface area contributed by atoms with Gasteiger partial charge < -0.3 is 19.9 Å². The zero-order valence-electron chi connectivity index (χ0n) is 16.6. The molecule has 0 saturated carbocycles. The Bertz CT molecular complexity index is 786. The molecule has 1 amide bonds. The van der Waals surface area contributed by atoms with Crippen LogP contribution in [-0.2, 0) is 4.74 Å². The Morgan fingerprint density at radius 3 is 2.85 bits per heavy atom. The molecule has 148 valence electrons. The van der Waals surface area contributed by atoms with Gasteiger partial charge in [-0.1, -0.05) is 0 Å². The number of nitrogens with one attached hydrogen (secondary N) is 1. The number of likely N-dealkylation sites (N-methyl/N-ethyl adjacent to an activating group) is 2. The Labute approximate surface area is 164 Å². The number of carbonyl (C=O) groups is 1. The monoisotopic (exact) mass is 391 g/mol. The van der Waals surface area contributed by atoms with Crippen molar-refractivity contribution >= 4 is 33.3 Å². The first-order valence-corrected chi connectivity index (χ1v) is 10.4. The average molecular weight is 392 g/mol. The van der Waals surface area contributed by atoms with Gasteiger partial charge in [-0.3, -0.25) is 4.79 Å². The summed E-state index contributed by atoms with van der Waals surface area (Å²) >= 11 is 1.46. The minimum absolute atomic E-state index is 0.0740. The molecular weight excluding hydrogens is 362 g/mol. The lowest BCUT2D eigenvalue weighted by atomic mass is 10.2. The maximum absolute atomic E-state index is 13.1. The lowest BCUT2D eigenvalue weighted by Crippen LogP contribution is -2.36. The van der Waals surface area contributed by atoms with Gasteiger partial charge in [0.1, 0.15) is 17.0 Å². The molecule has 8 heteroatoms. The van der Waals surface area contributed by atoms with Crippen molar-refractivity contribution in [3.63, 3.8) is 0 Å². The summed E-state index contributed by atoms with van der Waals surface area (Å²) < 4.78 is 5.68. The highest BCUT2D eigenvalue weighted by atomic mass is 32.1. The van der Waals surface area contributed by atoms with E-state index in [1.165, 1.54) is 11.3 Å². The van der Waals surface area contributed by atoms with Gasteiger partial charge in [-0.15, -0.1) is 11.3 Å². The smallest absolute Gasteiger partial charge is 0.264 e. The first-order chi connectivity index (χ1) is 13.0. The second kappa shape index (κ2) is 8.95. The largest absolute Gasteiger partial charge is 0.376 e. The van der Waals surface area contributed by atoms with E-state index in [-0.39, 0.29) is 12.0 Å². The zero-order chi connectivity index (χ0) is 19.4. The fourth-order valence-electron chi connectivity index (χ4n) is 3.29. The van der Waals surface area contributed by atoms with Gasteiger partial charge >= 0.3 is 0 Å². The van der Waals surface area contributed by atoms with E-state index >= 15 is 0 Å². The molecule has 0 spiro atoms. The molecule has 0 aliphatic carbocycles. The Morgan fingerprint density at radius 1 is 1.37 bits per heavy atom. The van der Waals surface area contributed by atoms with Crippen LogP contribution in [0.2, 0.25) is 0 Å². The number of fused-ring (bicyclic) bond motifs is 1. The molecule has 7 nitrogen and oxygen atoms in total. The molecule has 27 heavy (non-hydrogen) atoms. The SMILES string of the molecule is CCN(CCN(C)C)C(=O)c1sc2ncnc(NCC3CCCO3)c2c1C. The first kappa shape index (κ1) is 20.0. The third-order valence-corrected chi connectivity index (χ3v) is 6.12. The standard InChI is InChI=1S/C19H29N5O2S/c1-5-24(9-8-23(3)4)19(25)16-13(2)15-17(21-12-22-18(15)27-16)20-11-14-7-6-10-26-14/h12,14H,5-11H2,1-4H3,(H,20,21,22). The van der Waals surface area contributed by atoms with Crippen LogP contribution in [0.4, 0.5) is 5.82 Å². The Hall–Kier alpha value is -1.77. The maximum Gasteiger partial charge on any atom is 0.264 e. The summed E-state index contributed by atoms with van der Waals surface area (Å²) in [7, 11) is 4.04. The highest BCUT2D eigenvalue weighted by Gasteiger charge is 2.23. The van der Waals surface area contributed by atoms with Crippen LogP contribution in [0.5, 0.6) is 0 Å². The van der Waals surface area contributed by atoms with Crippen LogP contribution < -0.4 is 5.32 Å². The van der Waals surface area contributed by atoms with Crippen LogP contribution in [-0.4, -0.2) is 78.7 Å². The van der Waals surface area contributed by atoms with E-state index in [2.05, 4.69) is 20.2 Å². The van der Waals surface area contributed by atoms with E-state index < -0.39 is 0 Å². The van der Waals surface area contributed by atoms with Crippen molar-refractivity contribution in [1.82, 2.24) is 19.8 Å². The van der Waals surface area contributed by atoms with Crippen LogP contribution in [0.15, 0.2) is 6.33 Å². The number of amides is 1. The van der Waals surface area contributed by atoms with E-state index in [0.29, 0.717) is 13.1 Å². The first-order valence-electron chi connectivity index (χ1n) is 9.54. The van der Waals surface area contributed by atoms with Gasteiger partial charge in [0, 0.05) is 32.8 Å². The molecular formula is C19H29N5O2S. The van der Waals surface area contributed by atoms with Crippen LogP contribution in [0.25, 0.3) is 10.2 Å². The summed E-state index contributed by atoms with van der Waals surface area (Å²) in [5.41, 5.74) is 0.957. The van der Waals surface area contributed by atoms with Gasteiger partial charge in [-0.25, -0.2) is 9.97 Å². The molecule has 1 N–H and O–H groups in total. The van der Waals surface area contributed by atoms with Gasteiger partial charge in [0.25, 0.3) is 5.91 Å². The Morgan fingerprint density at radius 2 is 2.19 bits per heavy atom. The van der Waals surface area contributed by atoms with Gasteiger partial charge in [-0.05, 0) is 46.3 Å². The van der Waals surface area contributed by atoms with Crippen molar-refractivity contribution in [2.24, 2.45) is 0 Å². The van der Waals surface area contributed by atoms with E-state index in [9.17, 15) is 4.79 Å². The minimum Gasteiger partial charge on any atom is -0.376 e. The van der Waals surface area contributed by atoms with Crippen molar-refractivity contribution in [3.8, 4) is 0 Å². The molecule has 1 aliphatic rings. The third-order valence-electron chi connectivity index (χ3n) is 4.93. The molecule has 0 bridgehead atoms. The van der Waals surface area contributed by atoms with Crippen LogP contribution in [0.1, 0.15) is 35.0 Å². The summed E-state index contributed by atoms with van der Waals surface area (Å²) in [5, 5.41) is 4.36. The van der Waals surface area contributed by atoms with Gasteiger partial charge in [0.15, 0.2) is 0 Å². The number of hydrogen-bond acceptors (Lipinski definition) is 7. The summed E-state index contributed by atoms with van der Waals surface area (Å²) in [6, 6.07) is 0. The molecule has 1 aliphatic heterocycles. The fourth-order valence-corrected chi connectivity index (χ4v) is 4.41. The average Bonchev–Trinajstić information content (AvgIpc) is 3.28.